The fraction of sp³-hybridized carbons (Fsp3) is 0.357. The van der Waals surface area contributed by atoms with Crippen molar-refractivity contribution in [3.8, 4) is 0 Å². The van der Waals surface area contributed by atoms with Gasteiger partial charge in [0, 0.05) is 18.1 Å². The highest BCUT2D eigenvalue weighted by molar-refractivity contribution is 7.07. The topological polar surface area (TPSA) is 17.3 Å². The summed E-state index contributed by atoms with van der Waals surface area (Å²) in [6, 6.07) is 5.88. The van der Waals surface area contributed by atoms with Crippen molar-refractivity contribution >= 4 is 28.6 Å². The van der Waals surface area contributed by atoms with Crippen molar-refractivity contribution in [1.29, 1.82) is 0 Å². The summed E-state index contributed by atoms with van der Waals surface area (Å²) in [5, 5.41) is 2.78. The highest BCUT2D eigenvalue weighted by Gasteiger charge is 2.02. The SMILES string of the molecule is CCCCn1ccsc1=Nc1c(C)cccc1Cl. The molecule has 0 fully saturated rings. The normalized spacial score (nSPS) is 12.1. The summed E-state index contributed by atoms with van der Waals surface area (Å²) >= 11 is 7.85. The first kappa shape index (κ1) is 13.4. The number of aryl methyl sites for hydroxylation is 2. The number of benzene rings is 1. The van der Waals surface area contributed by atoms with Gasteiger partial charge in [-0.2, -0.15) is 0 Å². The highest BCUT2D eigenvalue weighted by atomic mass is 35.5. The number of nitrogens with zero attached hydrogens (tertiary/aromatic N) is 2. The number of hydrogen-bond donors (Lipinski definition) is 0. The summed E-state index contributed by atoms with van der Waals surface area (Å²) in [6.07, 6.45) is 4.45. The van der Waals surface area contributed by atoms with Gasteiger partial charge in [-0.1, -0.05) is 37.1 Å². The van der Waals surface area contributed by atoms with Gasteiger partial charge >= 0.3 is 0 Å². The van der Waals surface area contributed by atoms with E-state index in [1.54, 1.807) is 11.3 Å². The van der Waals surface area contributed by atoms with Gasteiger partial charge in [-0.3, -0.25) is 0 Å². The molecule has 0 atom stereocenters. The van der Waals surface area contributed by atoms with Gasteiger partial charge in [0.2, 0.25) is 0 Å². The van der Waals surface area contributed by atoms with Crippen molar-refractivity contribution < 1.29 is 0 Å². The van der Waals surface area contributed by atoms with Crippen LogP contribution in [0, 0.1) is 6.92 Å². The number of rotatable bonds is 4. The van der Waals surface area contributed by atoms with Gasteiger partial charge in [-0.05, 0) is 25.0 Å². The van der Waals surface area contributed by atoms with Crippen LogP contribution < -0.4 is 4.80 Å². The van der Waals surface area contributed by atoms with Crippen molar-refractivity contribution in [1.82, 2.24) is 4.57 Å². The lowest BCUT2D eigenvalue weighted by atomic mass is 10.2. The molecular weight excluding hydrogens is 264 g/mol. The Morgan fingerprint density at radius 1 is 1.39 bits per heavy atom. The number of unbranched alkanes of at least 4 members (excludes halogenated alkanes) is 1. The van der Waals surface area contributed by atoms with Crippen LogP contribution in [0.15, 0.2) is 34.8 Å². The van der Waals surface area contributed by atoms with Crippen LogP contribution >= 0.6 is 22.9 Å². The lowest BCUT2D eigenvalue weighted by Crippen LogP contribution is -2.13. The van der Waals surface area contributed by atoms with Gasteiger partial charge in [0.05, 0.1) is 10.7 Å². The highest BCUT2D eigenvalue weighted by Crippen LogP contribution is 2.27. The molecule has 0 unspecified atom stereocenters. The molecular formula is C14H17ClN2S. The van der Waals surface area contributed by atoms with Crippen molar-refractivity contribution in [2.24, 2.45) is 4.99 Å². The van der Waals surface area contributed by atoms with Crippen LogP contribution in [0.5, 0.6) is 0 Å². The van der Waals surface area contributed by atoms with Crippen molar-refractivity contribution in [3.05, 3.63) is 45.2 Å². The molecule has 0 aliphatic carbocycles. The van der Waals surface area contributed by atoms with Gasteiger partial charge in [0.15, 0.2) is 4.80 Å². The molecule has 2 rings (SSSR count). The molecule has 4 heteroatoms. The van der Waals surface area contributed by atoms with E-state index in [-0.39, 0.29) is 0 Å². The lowest BCUT2D eigenvalue weighted by Gasteiger charge is -2.03. The smallest absolute Gasteiger partial charge is 0.189 e. The molecule has 2 nitrogen and oxygen atoms in total. The van der Waals surface area contributed by atoms with Crippen LogP contribution in [0.1, 0.15) is 25.3 Å². The van der Waals surface area contributed by atoms with E-state index in [0.717, 1.165) is 22.6 Å². The number of aromatic nitrogens is 1. The third-order valence-corrected chi connectivity index (χ3v) is 3.91. The van der Waals surface area contributed by atoms with E-state index in [1.165, 1.54) is 12.8 Å². The predicted molar refractivity (Wildman–Crippen MR) is 78.6 cm³/mol. The predicted octanol–water partition coefficient (Wildman–Crippen LogP) is 4.54. The fourth-order valence-electron chi connectivity index (χ4n) is 1.75. The zero-order valence-corrected chi connectivity index (χ0v) is 12.3. The fourth-order valence-corrected chi connectivity index (χ4v) is 2.77. The van der Waals surface area contributed by atoms with Crippen LogP contribution in [-0.2, 0) is 6.54 Å². The maximum Gasteiger partial charge on any atom is 0.189 e. The van der Waals surface area contributed by atoms with E-state index in [9.17, 15) is 0 Å². The Labute approximate surface area is 117 Å². The molecule has 18 heavy (non-hydrogen) atoms. The van der Waals surface area contributed by atoms with Crippen molar-refractivity contribution in [2.45, 2.75) is 33.2 Å². The monoisotopic (exact) mass is 280 g/mol. The summed E-state index contributed by atoms with van der Waals surface area (Å²) < 4.78 is 2.19. The van der Waals surface area contributed by atoms with Crippen LogP contribution in [0.4, 0.5) is 5.69 Å². The van der Waals surface area contributed by atoms with Crippen LogP contribution in [0.25, 0.3) is 0 Å². The van der Waals surface area contributed by atoms with Gasteiger partial charge in [-0.25, -0.2) is 4.99 Å². The molecule has 0 radical (unpaired) electrons. The Kier molecular flexibility index (Phi) is 4.61. The molecule has 0 N–H and O–H groups in total. The minimum Gasteiger partial charge on any atom is -0.324 e. The van der Waals surface area contributed by atoms with E-state index in [0.29, 0.717) is 5.02 Å². The summed E-state index contributed by atoms with van der Waals surface area (Å²) in [7, 11) is 0. The minimum atomic E-state index is 0.713. The summed E-state index contributed by atoms with van der Waals surface area (Å²) in [6.45, 7) is 5.25. The number of para-hydroxylation sites is 1. The molecule has 1 aromatic heterocycles. The summed E-state index contributed by atoms with van der Waals surface area (Å²) in [5.41, 5.74) is 1.99. The molecule has 2 aromatic rings. The second-order valence-electron chi connectivity index (χ2n) is 4.25. The maximum atomic E-state index is 6.20. The van der Waals surface area contributed by atoms with E-state index < -0.39 is 0 Å². The first-order valence-electron chi connectivity index (χ1n) is 6.16. The number of thiazole rings is 1. The Morgan fingerprint density at radius 3 is 2.94 bits per heavy atom. The molecule has 0 saturated heterocycles. The Bertz CT molecular complexity index is 563. The first-order valence-corrected chi connectivity index (χ1v) is 7.42. The van der Waals surface area contributed by atoms with Gasteiger partial charge in [-0.15, -0.1) is 11.3 Å². The molecule has 96 valence electrons. The molecule has 0 aliphatic rings. The van der Waals surface area contributed by atoms with Gasteiger partial charge in [0.1, 0.15) is 0 Å². The Morgan fingerprint density at radius 2 is 2.22 bits per heavy atom. The van der Waals surface area contributed by atoms with Crippen molar-refractivity contribution in [2.75, 3.05) is 0 Å². The zero-order valence-electron chi connectivity index (χ0n) is 10.7. The molecule has 0 aliphatic heterocycles. The number of hydrogen-bond acceptors (Lipinski definition) is 2. The summed E-state index contributed by atoms with van der Waals surface area (Å²) in [5.74, 6) is 0. The third-order valence-electron chi connectivity index (χ3n) is 2.81. The first-order chi connectivity index (χ1) is 8.72. The van der Waals surface area contributed by atoms with Crippen LogP contribution in [0.3, 0.4) is 0 Å². The van der Waals surface area contributed by atoms with Crippen molar-refractivity contribution in [3.63, 3.8) is 0 Å². The second kappa shape index (κ2) is 6.21. The average Bonchev–Trinajstić information content (AvgIpc) is 2.79. The molecule has 1 heterocycles. The van der Waals surface area contributed by atoms with E-state index >= 15 is 0 Å². The Hall–Kier alpha value is -1.06. The average molecular weight is 281 g/mol. The van der Waals surface area contributed by atoms with Gasteiger partial charge < -0.3 is 4.57 Å². The zero-order chi connectivity index (χ0) is 13.0. The van der Waals surface area contributed by atoms with E-state index in [4.69, 9.17) is 16.6 Å². The third kappa shape index (κ3) is 3.03. The molecule has 0 amide bonds. The molecule has 0 spiro atoms. The Balaban J connectivity index is 2.41. The van der Waals surface area contributed by atoms with Crippen LogP contribution in [0.2, 0.25) is 5.02 Å². The quantitative estimate of drug-likeness (QED) is 0.782. The maximum absolute atomic E-state index is 6.20. The molecule has 1 aromatic carbocycles. The van der Waals surface area contributed by atoms with Crippen LogP contribution in [-0.4, -0.2) is 4.57 Å². The van der Waals surface area contributed by atoms with E-state index in [1.807, 2.05) is 25.1 Å². The van der Waals surface area contributed by atoms with Gasteiger partial charge in [0.25, 0.3) is 0 Å². The molecule has 0 saturated carbocycles. The second-order valence-corrected chi connectivity index (χ2v) is 5.53. The number of halogens is 1. The lowest BCUT2D eigenvalue weighted by molar-refractivity contribution is 0.618. The summed E-state index contributed by atoms with van der Waals surface area (Å²) in [4.78, 5) is 5.72. The minimum absolute atomic E-state index is 0.713. The molecule has 0 bridgehead atoms. The standard InChI is InChI=1S/C14H17ClN2S/c1-3-4-8-17-9-10-18-14(17)16-13-11(2)6-5-7-12(13)15/h5-7,9-10H,3-4,8H2,1-2H3. The largest absolute Gasteiger partial charge is 0.324 e. The van der Waals surface area contributed by atoms with E-state index in [2.05, 4.69) is 23.1 Å².